The van der Waals surface area contributed by atoms with Crippen LogP contribution in [-0.4, -0.2) is 50.7 Å². The van der Waals surface area contributed by atoms with E-state index in [1.807, 2.05) is 7.05 Å². The predicted octanol–water partition coefficient (Wildman–Crippen LogP) is 0.233. The van der Waals surface area contributed by atoms with Gasteiger partial charge in [-0.05, 0) is 19.4 Å². The zero-order chi connectivity index (χ0) is 10.4. The second-order valence-corrected chi connectivity index (χ2v) is 3.81. The van der Waals surface area contributed by atoms with Gasteiger partial charge in [-0.25, -0.2) is 0 Å². The maximum Gasteiger partial charge on any atom is 0.222 e. The monoisotopic (exact) mass is 200 g/mol. The van der Waals surface area contributed by atoms with Crippen LogP contribution >= 0.6 is 0 Å². The molecule has 14 heavy (non-hydrogen) atoms. The smallest absolute Gasteiger partial charge is 0.222 e. The molecule has 1 N–H and O–H groups in total. The van der Waals surface area contributed by atoms with E-state index >= 15 is 0 Å². The largest absolute Gasteiger partial charge is 0.385 e. The fourth-order valence-electron chi connectivity index (χ4n) is 1.70. The van der Waals surface area contributed by atoms with Crippen molar-refractivity contribution in [3.8, 4) is 0 Å². The van der Waals surface area contributed by atoms with Gasteiger partial charge < -0.3 is 15.0 Å². The van der Waals surface area contributed by atoms with Crippen LogP contribution < -0.4 is 5.32 Å². The molecule has 82 valence electrons. The van der Waals surface area contributed by atoms with Crippen LogP contribution in [0.15, 0.2) is 0 Å². The van der Waals surface area contributed by atoms with Crippen LogP contribution in [0.3, 0.4) is 0 Å². The lowest BCUT2D eigenvalue weighted by molar-refractivity contribution is -0.132. The molecule has 1 heterocycles. The topological polar surface area (TPSA) is 41.6 Å². The molecule has 4 heteroatoms. The summed E-state index contributed by atoms with van der Waals surface area (Å²) in [5.74, 6) is 0.264. The molecule has 1 rings (SSSR count). The molecular formula is C10H20N2O2. The van der Waals surface area contributed by atoms with Crippen molar-refractivity contribution in [2.24, 2.45) is 0 Å². The van der Waals surface area contributed by atoms with E-state index in [-0.39, 0.29) is 5.91 Å². The Balaban J connectivity index is 2.10. The minimum Gasteiger partial charge on any atom is -0.385 e. The highest BCUT2D eigenvalue weighted by molar-refractivity contribution is 5.76. The third-order valence-corrected chi connectivity index (χ3v) is 2.58. The van der Waals surface area contributed by atoms with Gasteiger partial charge in [-0.1, -0.05) is 0 Å². The van der Waals surface area contributed by atoms with Gasteiger partial charge in [-0.15, -0.1) is 0 Å². The molecule has 0 bridgehead atoms. The number of nitrogens with one attached hydrogen (secondary N) is 1. The van der Waals surface area contributed by atoms with Crippen molar-refractivity contribution in [1.29, 1.82) is 0 Å². The first kappa shape index (κ1) is 11.5. The number of hydrogen-bond acceptors (Lipinski definition) is 3. The Morgan fingerprint density at radius 3 is 3.07 bits per heavy atom. The Bertz CT molecular complexity index is 185. The fourth-order valence-corrected chi connectivity index (χ4v) is 1.70. The maximum atomic E-state index is 11.2. The Kier molecular flexibility index (Phi) is 4.90. The molecule has 1 amide bonds. The van der Waals surface area contributed by atoms with Crippen molar-refractivity contribution in [1.82, 2.24) is 10.2 Å². The van der Waals surface area contributed by atoms with Crippen molar-refractivity contribution in [3.05, 3.63) is 0 Å². The van der Waals surface area contributed by atoms with Gasteiger partial charge in [-0.3, -0.25) is 4.79 Å². The lowest BCUT2D eigenvalue weighted by atomic mass is 10.1. The van der Waals surface area contributed by atoms with E-state index in [0.717, 1.165) is 32.5 Å². The van der Waals surface area contributed by atoms with Crippen molar-refractivity contribution in [3.63, 3.8) is 0 Å². The van der Waals surface area contributed by atoms with E-state index in [9.17, 15) is 4.79 Å². The highest BCUT2D eigenvalue weighted by Crippen LogP contribution is 2.09. The van der Waals surface area contributed by atoms with E-state index in [2.05, 4.69) is 5.32 Å². The van der Waals surface area contributed by atoms with E-state index in [4.69, 9.17) is 4.74 Å². The third-order valence-electron chi connectivity index (χ3n) is 2.58. The summed E-state index contributed by atoms with van der Waals surface area (Å²) in [5.41, 5.74) is 0. The number of methoxy groups -OCH3 is 1. The normalized spacial score (nSPS) is 22.9. The number of rotatable bonds is 5. The van der Waals surface area contributed by atoms with Gasteiger partial charge in [-0.2, -0.15) is 0 Å². The van der Waals surface area contributed by atoms with Crippen LogP contribution in [0.25, 0.3) is 0 Å². The summed E-state index contributed by atoms with van der Waals surface area (Å²) in [7, 11) is 3.58. The molecule has 1 fully saturated rings. The van der Waals surface area contributed by atoms with Crippen molar-refractivity contribution >= 4 is 5.91 Å². The Morgan fingerprint density at radius 1 is 1.64 bits per heavy atom. The second-order valence-electron chi connectivity index (χ2n) is 3.81. The molecule has 1 saturated heterocycles. The Labute approximate surface area is 85.6 Å². The predicted molar refractivity (Wildman–Crippen MR) is 55.2 cm³/mol. The molecule has 0 radical (unpaired) electrons. The average Bonchev–Trinajstić information content (AvgIpc) is 2.18. The third kappa shape index (κ3) is 3.64. The molecule has 1 atom stereocenters. The lowest BCUT2D eigenvalue weighted by Crippen LogP contribution is -2.46. The average molecular weight is 200 g/mol. The van der Waals surface area contributed by atoms with Crippen molar-refractivity contribution in [2.75, 3.05) is 33.9 Å². The molecule has 1 unspecified atom stereocenters. The first-order valence-electron chi connectivity index (χ1n) is 5.20. The zero-order valence-corrected chi connectivity index (χ0v) is 9.08. The van der Waals surface area contributed by atoms with Gasteiger partial charge in [0.05, 0.1) is 0 Å². The minimum absolute atomic E-state index is 0.264. The highest BCUT2D eigenvalue weighted by atomic mass is 16.5. The summed E-state index contributed by atoms with van der Waals surface area (Å²) in [6.07, 6.45) is 2.68. The van der Waals surface area contributed by atoms with Gasteiger partial charge in [0.2, 0.25) is 5.91 Å². The standard InChI is InChI=1S/C10H20N2O2/c1-12-8-9(4-5-10(12)13)11-6-3-7-14-2/h9,11H,3-8H2,1-2H3. The summed E-state index contributed by atoms with van der Waals surface area (Å²) < 4.78 is 4.96. The van der Waals surface area contributed by atoms with Crippen LogP contribution in [0.5, 0.6) is 0 Å². The molecule has 0 saturated carbocycles. The van der Waals surface area contributed by atoms with Crippen LogP contribution in [0.4, 0.5) is 0 Å². The number of likely N-dealkylation sites (N-methyl/N-ethyl adjacent to an activating group) is 1. The molecule has 0 aromatic carbocycles. The van der Waals surface area contributed by atoms with Crippen molar-refractivity contribution < 1.29 is 9.53 Å². The van der Waals surface area contributed by atoms with E-state index in [1.165, 1.54) is 0 Å². The number of amides is 1. The number of nitrogens with zero attached hydrogens (tertiary/aromatic N) is 1. The molecule has 0 aromatic rings. The molecule has 1 aliphatic rings. The van der Waals surface area contributed by atoms with Crippen molar-refractivity contribution in [2.45, 2.75) is 25.3 Å². The SMILES string of the molecule is COCCCNC1CCC(=O)N(C)C1. The number of ether oxygens (including phenoxy) is 1. The van der Waals surface area contributed by atoms with Crippen LogP contribution in [0.2, 0.25) is 0 Å². The summed E-state index contributed by atoms with van der Waals surface area (Å²) in [6, 6.07) is 0.467. The van der Waals surface area contributed by atoms with E-state index in [1.54, 1.807) is 12.0 Å². The molecule has 4 nitrogen and oxygen atoms in total. The first-order chi connectivity index (χ1) is 6.74. The van der Waals surface area contributed by atoms with Gasteiger partial charge in [0.15, 0.2) is 0 Å². The van der Waals surface area contributed by atoms with Gasteiger partial charge >= 0.3 is 0 Å². The Morgan fingerprint density at radius 2 is 2.43 bits per heavy atom. The summed E-state index contributed by atoms with van der Waals surface area (Å²) >= 11 is 0. The number of piperidine rings is 1. The summed E-state index contributed by atoms with van der Waals surface area (Å²) in [4.78, 5) is 13.0. The zero-order valence-electron chi connectivity index (χ0n) is 9.08. The Hall–Kier alpha value is -0.610. The molecule has 0 spiro atoms. The maximum absolute atomic E-state index is 11.2. The van der Waals surface area contributed by atoms with E-state index < -0.39 is 0 Å². The molecule has 0 aromatic heterocycles. The minimum atomic E-state index is 0.264. The first-order valence-corrected chi connectivity index (χ1v) is 5.20. The molecular weight excluding hydrogens is 180 g/mol. The summed E-state index contributed by atoms with van der Waals surface area (Å²) in [6.45, 7) is 2.61. The fraction of sp³-hybridized carbons (Fsp3) is 0.900. The van der Waals surface area contributed by atoms with Crippen LogP contribution in [0, 0.1) is 0 Å². The molecule has 1 aliphatic heterocycles. The lowest BCUT2D eigenvalue weighted by Gasteiger charge is -2.30. The second kappa shape index (κ2) is 5.98. The van der Waals surface area contributed by atoms with Crippen LogP contribution in [0.1, 0.15) is 19.3 Å². The number of carbonyl (C=O) groups is 1. The van der Waals surface area contributed by atoms with Gasteiger partial charge in [0.25, 0.3) is 0 Å². The number of carbonyl (C=O) groups excluding carboxylic acids is 1. The van der Waals surface area contributed by atoms with E-state index in [0.29, 0.717) is 12.5 Å². The highest BCUT2D eigenvalue weighted by Gasteiger charge is 2.21. The number of hydrogen-bond donors (Lipinski definition) is 1. The quantitative estimate of drug-likeness (QED) is 0.646. The van der Waals surface area contributed by atoms with Gasteiger partial charge in [0, 0.05) is 39.8 Å². The summed E-state index contributed by atoms with van der Waals surface area (Å²) in [5, 5.41) is 3.43. The molecule has 0 aliphatic carbocycles. The number of likely N-dealkylation sites (tertiary alicyclic amines) is 1. The van der Waals surface area contributed by atoms with Crippen LogP contribution in [-0.2, 0) is 9.53 Å². The van der Waals surface area contributed by atoms with Gasteiger partial charge in [0.1, 0.15) is 0 Å².